The van der Waals surface area contributed by atoms with Crippen LogP contribution in [-0.2, 0) is 12.0 Å². The topological polar surface area (TPSA) is 55.1 Å². The third-order valence-electron chi connectivity index (χ3n) is 4.78. The third kappa shape index (κ3) is 3.60. The molecular formula is C23H25N5. The number of aryl methyl sites for hydroxylation is 1. The molecule has 1 aromatic carbocycles. The first-order chi connectivity index (χ1) is 13.4. The molecular weight excluding hydrogens is 346 g/mol. The zero-order valence-corrected chi connectivity index (χ0v) is 16.8. The number of anilines is 1. The van der Waals surface area contributed by atoms with Crippen LogP contribution in [0.3, 0.4) is 0 Å². The van der Waals surface area contributed by atoms with Crippen LogP contribution in [0, 0.1) is 6.92 Å². The molecule has 3 heterocycles. The molecule has 28 heavy (non-hydrogen) atoms. The highest BCUT2D eigenvalue weighted by molar-refractivity contribution is 5.78. The quantitative estimate of drug-likeness (QED) is 0.548. The summed E-state index contributed by atoms with van der Waals surface area (Å²) in [6.45, 7) is 9.25. The van der Waals surface area contributed by atoms with Crippen molar-refractivity contribution in [2.45, 2.75) is 39.7 Å². The first-order valence-electron chi connectivity index (χ1n) is 9.52. The van der Waals surface area contributed by atoms with Gasteiger partial charge in [-0.1, -0.05) is 56.7 Å². The maximum absolute atomic E-state index is 4.97. The summed E-state index contributed by atoms with van der Waals surface area (Å²) in [5.74, 6) is 0.916. The molecule has 0 spiro atoms. The van der Waals surface area contributed by atoms with Crippen LogP contribution in [0.25, 0.3) is 16.8 Å². The molecule has 1 N–H and O–H groups in total. The molecule has 0 saturated heterocycles. The molecule has 4 rings (SSSR count). The summed E-state index contributed by atoms with van der Waals surface area (Å²) >= 11 is 0. The zero-order chi connectivity index (χ0) is 19.7. The second kappa shape index (κ2) is 7.08. The maximum atomic E-state index is 4.97. The van der Waals surface area contributed by atoms with Crippen molar-refractivity contribution in [3.05, 3.63) is 77.9 Å². The third-order valence-corrected chi connectivity index (χ3v) is 4.78. The summed E-state index contributed by atoms with van der Waals surface area (Å²) in [4.78, 5) is 9.36. The summed E-state index contributed by atoms with van der Waals surface area (Å²) < 4.78 is 1.88. The average molecular weight is 371 g/mol. The van der Waals surface area contributed by atoms with Gasteiger partial charge in [-0.05, 0) is 24.6 Å². The highest BCUT2D eigenvalue weighted by Crippen LogP contribution is 2.29. The van der Waals surface area contributed by atoms with E-state index in [1.54, 1.807) is 0 Å². The fourth-order valence-electron chi connectivity index (χ4n) is 3.09. The molecule has 0 unspecified atom stereocenters. The zero-order valence-electron chi connectivity index (χ0n) is 16.8. The van der Waals surface area contributed by atoms with E-state index >= 15 is 0 Å². The van der Waals surface area contributed by atoms with Crippen molar-refractivity contribution in [3.8, 4) is 11.1 Å². The van der Waals surface area contributed by atoms with Gasteiger partial charge in [0.2, 0.25) is 0 Å². The minimum atomic E-state index is -0.0714. The molecule has 0 aliphatic carbocycles. The van der Waals surface area contributed by atoms with Crippen molar-refractivity contribution in [2.75, 3.05) is 5.32 Å². The van der Waals surface area contributed by atoms with E-state index in [9.17, 15) is 0 Å². The van der Waals surface area contributed by atoms with E-state index in [0.717, 1.165) is 34.0 Å². The smallest absolute Gasteiger partial charge is 0.165 e. The van der Waals surface area contributed by atoms with E-state index in [1.165, 1.54) is 5.56 Å². The summed E-state index contributed by atoms with van der Waals surface area (Å²) in [6, 6.07) is 16.5. The monoisotopic (exact) mass is 371 g/mol. The molecule has 5 heteroatoms. The normalized spacial score (nSPS) is 11.7. The lowest BCUT2D eigenvalue weighted by Gasteiger charge is -2.20. The van der Waals surface area contributed by atoms with Crippen molar-refractivity contribution in [1.29, 1.82) is 0 Å². The van der Waals surface area contributed by atoms with Crippen molar-refractivity contribution in [2.24, 2.45) is 0 Å². The van der Waals surface area contributed by atoms with Gasteiger partial charge in [0.05, 0.1) is 24.1 Å². The van der Waals surface area contributed by atoms with Gasteiger partial charge < -0.3 is 5.32 Å². The van der Waals surface area contributed by atoms with Gasteiger partial charge in [-0.15, -0.1) is 0 Å². The number of hydrogen-bond donors (Lipinski definition) is 1. The predicted molar refractivity (Wildman–Crippen MR) is 113 cm³/mol. The lowest BCUT2D eigenvalue weighted by molar-refractivity contribution is 0.568. The summed E-state index contributed by atoms with van der Waals surface area (Å²) in [5.41, 5.74) is 6.19. The Kier molecular flexibility index (Phi) is 4.59. The second-order valence-electron chi connectivity index (χ2n) is 8.11. The van der Waals surface area contributed by atoms with Crippen molar-refractivity contribution in [1.82, 2.24) is 19.6 Å². The first-order valence-corrected chi connectivity index (χ1v) is 9.52. The number of benzene rings is 1. The lowest BCUT2D eigenvalue weighted by atomic mass is 9.92. The Bertz CT molecular complexity index is 1090. The molecule has 0 fully saturated rings. The SMILES string of the molecule is Cc1ccc(-c2cnn3c(NCc4ccccn4)cc(C(C)(C)C)nc23)cc1. The molecule has 0 saturated carbocycles. The van der Waals surface area contributed by atoms with Gasteiger partial charge in [0.1, 0.15) is 5.82 Å². The molecule has 0 radical (unpaired) electrons. The standard InChI is InChI=1S/C23H25N5/c1-16-8-10-17(11-9-16)19-15-26-28-21(25-14-18-7-5-6-12-24-18)13-20(23(2,3)4)27-22(19)28/h5-13,15,25H,14H2,1-4H3. The van der Waals surface area contributed by atoms with Gasteiger partial charge in [-0.25, -0.2) is 4.98 Å². The molecule has 4 aromatic rings. The van der Waals surface area contributed by atoms with E-state index in [4.69, 9.17) is 4.98 Å². The first kappa shape index (κ1) is 18.2. The van der Waals surface area contributed by atoms with Gasteiger partial charge >= 0.3 is 0 Å². The molecule has 0 bridgehead atoms. The minimum Gasteiger partial charge on any atom is -0.364 e. The minimum absolute atomic E-state index is 0.0714. The van der Waals surface area contributed by atoms with E-state index in [1.807, 2.05) is 35.1 Å². The van der Waals surface area contributed by atoms with E-state index in [-0.39, 0.29) is 5.41 Å². The lowest BCUT2D eigenvalue weighted by Crippen LogP contribution is -2.16. The van der Waals surface area contributed by atoms with E-state index in [0.29, 0.717) is 6.54 Å². The van der Waals surface area contributed by atoms with Gasteiger partial charge in [0, 0.05) is 23.2 Å². The Balaban J connectivity index is 1.81. The van der Waals surface area contributed by atoms with Gasteiger partial charge in [0.25, 0.3) is 0 Å². The van der Waals surface area contributed by atoms with Crippen molar-refractivity contribution in [3.63, 3.8) is 0 Å². The van der Waals surface area contributed by atoms with Gasteiger partial charge in [-0.2, -0.15) is 9.61 Å². The maximum Gasteiger partial charge on any atom is 0.165 e. The Morgan fingerprint density at radius 2 is 1.82 bits per heavy atom. The van der Waals surface area contributed by atoms with Gasteiger partial charge in [-0.3, -0.25) is 4.98 Å². The Morgan fingerprint density at radius 3 is 2.50 bits per heavy atom. The molecule has 0 amide bonds. The van der Waals surface area contributed by atoms with Crippen LogP contribution < -0.4 is 5.32 Å². The Labute approximate surface area is 165 Å². The van der Waals surface area contributed by atoms with E-state index in [2.05, 4.69) is 73.4 Å². The molecule has 3 aromatic heterocycles. The fraction of sp³-hybridized carbons (Fsp3) is 0.261. The van der Waals surface area contributed by atoms with Crippen molar-refractivity contribution >= 4 is 11.5 Å². The Hall–Kier alpha value is -3.21. The molecule has 5 nitrogen and oxygen atoms in total. The summed E-state index contributed by atoms with van der Waals surface area (Å²) in [7, 11) is 0. The summed E-state index contributed by atoms with van der Waals surface area (Å²) in [5, 5.41) is 8.11. The second-order valence-corrected chi connectivity index (χ2v) is 8.11. The van der Waals surface area contributed by atoms with Crippen LogP contribution in [0.1, 0.15) is 37.7 Å². The van der Waals surface area contributed by atoms with Crippen LogP contribution in [-0.4, -0.2) is 19.6 Å². The number of rotatable bonds is 4. The number of pyridine rings is 1. The average Bonchev–Trinajstić information content (AvgIpc) is 3.11. The van der Waals surface area contributed by atoms with Crippen molar-refractivity contribution < 1.29 is 0 Å². The number of nitrogens with one attached hydrogen (secondary N) is 1. The molecule has 0 aliphatic heterocycles. The van der Waals surface area contributed by atoms with Crippen LogP contribution in [0.2, 0.25) is 0 Å². The number of hydrogen-bond acceptors (Lipinski definition) is 4. The van der Waals surface area contributed by atoms with Crippen LogP contribution in [0.15, 0.2) is 60.9 Å². The van der Waals surface area contributed by atoms with Gasteiger partial charge in [0.15, 0.2) is 5.65 Å². The number of nitrogens with zero attached hydrogens (tertiary/aromatic N) is 4. The van der Waals surface area contributed by atoms with Crippen LogP contribution >= 0.6 is 0 Å². The number of fused-ring (bicyclic) bond motifs is 1. The Morgan fingerprint density at radius 1 is 1.04 bits per heavy atom. The molecule has 0 aliphatic rings. The van der Waals surface area contributed by atoms with E-state index < -0.39 is 0 Å². The predicted octanol–water partition coefficient (Wildman–Crippen LogP) is 5.01. The molecule has 0 atom stereocenters. The highest BCUT2D eigenvalue weighted by atomic mass is 15.3. The van der Waals surface area contributed by atoms with Crippen LogP contribution in [0.5, 0.6) is 0 Å². The number of aromatic nitrogens is 4. The fourth-order valence-corrected chi connectivity index (χ4v) is 3.09. The summed E-state index contributed by atoms with van der Waals surface area (Å²) in [6.07, 6.45) is 3.70. The molecule has 142 valence electrons. The largest absolute Gasteiger partial charge is 0.364 e. The van der Waals surface area contributed by atoms with Crippen LogP contribution in [0.4, 0.5) is 5.82 Å². The highest BCUT2D eigenvalue weighted by Gasteiger charge is 2.20.